The molecule has 5 nitrogen and oxygen atoms in total. The Labute approximate surface area is 78.0 Å². The van der Waals surface area contributed by atoms with Crippen molar-refractivity contribution in [1.82, 2.24) is 4.89 Å². The Morgan fingerprint density at radius 1 is 1.07 bits per heavy atom. The number of nitrogens with one attached hydrogen (secondary N) is 1. The van der Waals surface area contributed by atoms with Crippen LogP contribution in [0.1, 0.15) is 0 Å². The van der Waals surface area contributed by atoms with E-state index >= 15 is 0 Å². The predicted molar refractivity (Wildman–Crippen MR) is 30.3 cm³/mol. The van der Waals surface area contributed by atoms with E-state index in [1.807, 2.05) is 0 Å². The van der Waals surface area contributed by atoms with Crippen LogP contribution in [0, 0.1) is 0 Å². The van der Waals surface area contributed by atoms with Gasteiger partial charge in [-0.15, -0.1) is 0 Å². The van der Waals surface area contributed by atoms with Gasteiger partial charge in [0.1, 0.15) is 0 Å². The van der Waals surface area contributed by atoms with Gasteiger partial charge in [0.05, 0.1) is 0 Å². The summed E-state index contributed by atoms with van der Waals surface area (Å²) in [6, 6.07) is 0. The van der Waals surface area contributed by atoms with Crippen LogP contribution in [0.25, 0.3) is 0 Å². The largest absolute Gasteiger partial charge is 0.514 e. The minimum absolute atomic E-state index is 0.0171. The van der Waals surface area contributed by atoms with Gasteiger partial charge < -0.3 is 4.84 Å². The molecule has 0 saturated carbocycles. The molecule has 0 atom stereocenters. The first-order chi connectivity index (χ1) is 6.38. The monoisotopic (exact) mass is 261 g/mol. The molecule has 0 amide bonds. The predicted octanol–water partition coefficient (Wildman–Crippen LogP) is 0.446. The fourth-order valence-corrected chi connectivity index (χ4v) is 0.478. The van der Waals surface area contributed by atoms with Crippen molar-refractivity contribution in [2.75, 3.05) is 0 Å². The van der Waals surface area contributed by atoms with Crippen molar-refractivity contribution < 1.29 is 44.4 Å². The van der Waals surface area contributed by atoms with E-state index < -0.39 is 27.7 Å². The number of rotatable bonds is 2. The molecule has 0 aromatic carbocycles. The fourth-order valence-electron chi connectivity index (χ4n) is 0.198. The zero-order chi connectivity index (χ0) is 12.5. The van der Waals surface area contributed by atoms with Crippen molar-refractivity contribution in [3.05, 3.63) is 0 Å². The fraction of sp³-hybridized carbons (Fsp3) is 0.667. The number of carbonyl (C=O) groups is 1. The maximum absolute atomic E-state index is 11.5. The Morgan fingerprint density at radius 2 is 1.47 bits per heavy atom. The second-order valence-electron chi connectivity index (χ2n) is 1.92. The Balaban J connectivity index is 4.51. The first kappa shape index (κ1) is 14.0. The molecule has 0 aromatic heterocycles. The molecule has 1 N–H and O–H groups in total. The van der Waals surface area contributed by atoms with Gasteiger partial charge >= 0.3 is 27.7 Å². The average Bonchev–Trinajstić information content (AvgIpc) is 1.96. The third kappa shape index (κ3) is 3.91. The normalized spacial score (nSPS) is 13.7. The van der Waals surface area contributed by atoms with Crippen LogP contribution in [0.2, 0.25) is 0 Å². The quantitative estimate of drug-likeness (QED) is 0.578. The second kappa shape index (κ2) is 3.84. The van der Waals surface area contributed by atoms with Crippen molar-refractivity contribution in [2.45, 2.75) is 11.7 Å². The summed E-state index contributed by atoms with van der Waals surface area (Å²) in [6.45, 7) is 0. The lowest BCUT2D eigenvalue weighted by molar-refractivity contribution is -0.203. The summed E-state index contributed by atoms with van der Waals surface area (Å²) in [5, 5.41) is 0. The second-order valence-corrected chi connectivity index (χ2v) is 3.56. The van der Waals surface area contributed by atoms with Gasteiger partial charge in [-0.05, 0) is 4.89 Å². The van der Waals surface area contributed by atoms with E-state index in [0.29, 0.717) is 0 Å². The third-order valence-electron chi connectivity index (χ3n) is 0.780. The number of hydrogen-bond acceptors (Lipinski definition) is 4. The highest BCUT2D eigenvalue weighted by molar-refractivity contribution is 7.90. The minimum atomic E-state index is -6.15. The topological polar surface area (TPSA) is 72.5 Å². The molecule has 0 unspecified atom stereocenters. The molecule has 12 heteroatoms. The van der Waals surface area contributed by atoms with Crippen LogP contribution in [0.15, 0.2) is 0 Å². The van der Waals surface area contributed by atoms with Gasteiger partial charge in [0.15, 0.2) is 0 Å². The SMILES string of the molecule is O=C(ONS(=O)(=O)C(F)(F)F)C(F)(F)F. The molecule has 0 spiro atoms. The Kier molecular flexibility index (Phi) is 3.58. The summed E-state index contributed by atoms with van der Waals surface area (Å²) >= 11 is 0. The van der Waals surface area contributed by atoms with Gasteiger partial charge in [-0.2, -0.15) is 34.8 Å². The maximum atomic E-state index is 11.5. The summed E-state index contributed by atoms with van der Waals surface area (Å²) in [7, 11) is -6.15. The molecule has 0 bridgehead atoms. The van der Waals surface area contributed by atoms with E-state index in [2.05, 4.69) is 4.84 Å². The standard InChI is InChI=1S/C3HF6NO4S/c4-2(5,6)1(11)14-10-15(12,13)3(7,8)9/h10H. The highest BCUT2D eigenvalue weighted by Gasteiger charge is 2.49. The van der Waals surface area contributed by atoms with Gasteiger partial charge in [0, 0.05) is 0 Å². The number of sulfonamides is 1. The number of hydrogen-bond donors (Lipinski definition) is 1. The van der Waals surface area contributed by atoms with Crippen LogP contribution >= 0.6 is 0 Å². The van der Waals surface area contributed by atoms with Crippen molar-refractivity contribution >= 4 is 16.0 Å². The van der Waals surface area contributed by atoms with E-state index in [1.165, 1.54) is 0 Å². The van der Waals surface area contributed by atoms with Crippen LogP contribution < -0.4 is 4.89 Å². The Hall–Kier alpha value is -1.04. The van der Waals surface area contributed by atoms with E-state index in [-0.39, 0.29) is 4.89 Å². The molecule has 15 heavy (non-hydrogen) atoms. The Morgan fingerprint density at radius 3 is 1.73 bits per heavy atom. The van der Waals surface area contributed by atoms with Gasteiger partial charge in [0.25, 0.3) is 0 Å². The molecule has 0 heterocycles. The number of alkyl halides is 6. The lowest BCUT2D eigenvalue weighted by Gasteiger charge is -2.09. The maximum Gasteiger partial charge on any atom is 0.514 e. The lowest BCUT2D eigenvalue weighted by Crippen LogP contribution is -2.40. The van der Waals surface area contributed by atoms with Gasteiger partial charge in [-0.25, -0.2) is 4.79 Å². The first-order valence-electron chi connectivity index (χ1n) is 2.74. The van der Waals surface area contributed by atoms with E-state index in [9.17, 15) is 39.6 Å². The van der Waals surface area contributed by atoms with Gasteiger partial charge in [0.2, 0.25) is 0 Å². The van der Waals surface area contributed by atoms with Crippen LogP contribution in [-0.2, 0) is 19.7 Å². The molecule has 90 valence electrons. The van der Waals surface area contributed by atoms with Crippen molar-refractivity contribution in [3.63, 3.8) is 0 Å². The van der Waals surface area contributed by atoms with Gasteiger partial charge in [-0.3, -0.25) is 0 Å². The van der Waals surface area contributed by atoms with Crippen LogP contribution in [0.3, 0.4) is 0 Å². The number of halogens is 6. The van der Waals surface area contributed by atoms with Crippen molar-refractivity contribution in [2.24, 2.45) is 0 Å². The first-order valence-corrected chi connectivity index (χ1v) is 4.22. The third-order valence-corrected chi connectivity index (χ3v) is 1.69. The smallest absolute Gasteiger partial charge is 0.348 e. The summed E-state index contributed by atoms with van der Waals surface area (Å²) in [5.74, 6) is -3.12. The zero-order valence-corrected chi connectivity index (χ0v) is 7.13. The molecular formula is C3HF6NO4S. The van der Waals surface area contributed by atoms with Crippen molar-refractivity contribution in [1.29, 1.82) is 0 Å². The highest BCUT2D eigenvalue weighted by atomic mass is 32.2. The van der Waals surface area contributed by atoms with E-state index in [4.69, 9.17) is 0 Å². The van der Waals surface area contributed by atoms with E-state index in [1.54, 1.807) is 0 Å². The molecular weight excluding hydrogens is 260 g/mol. The molecule has 0 aliphatic carbocycles. The number of carbonyl (C=O) groups excluding carboxylic acids is 1. The van der Waals surface area contributed by atoms with Crippen LogP contribution in [-0.4, -0.2) is 26.1 Å². The van der Waals surface area contributed by atoms with Crippen LogP contribution in [0.4, 0.5) is 26.3 Å². The average molecular weight is 261 g/mol. The van der Waals surface area contributed by atoms with Crippen molar-refractivity contribution in [3.8, 4) is 0 Å². The summed E-state index contributed by atoms with van der Waals surface area (Å²) in [4.78, 5) is 12.5. The Bertz CT molecular complexity index is 340. The molecule has 0 saturated heterocycles. The molecule has 0 fully saturated rings. The minimum Gasteiger partial charge on any atom is -0.348 e. The molecule has 0 rings (SSSR count). The molecule has 0 aromatic rings. The zero-order valence-electron chi connectivity index (χ0n) is 6.31. The van der Waals surface area contributed by atoms with E-state index in [0.717, 1.165) is 0 Å². The lowest BCUT2D eigenvalue weighted by atomic mass is 10.7. The summed E-state index contributed by atoms with van der Waals surface area (Å²) < 4.78 is 88.4. The van der Waals surface area contributed by atoms with Gasteiger partial charge in [-0.1, -0.05) is 0 Å². The molecule has 0 radical (unpaired) electrons. The van der Waals surface area contributed by atoms with Crippen LogP contribution in [0.5, 0.6) is 0 Å². The molecule has 0 aliphatic rings. The molecule has 0 aliphatic heterocycles. The highest BCUT2D eigenvalue weighted by Crippen LogP contribution is 2.22. The summed E-state index contributed by atoms with van der Waals surface area (Å²) in [6.07, 6.45) is -5.60. The summed E-state index contributed by atoms with van der Waals surface area (Å²) in [5.41, 5.74) is -5.88.